The molecule has 2 nitrogen and oxygen atoms in total. The summed E-state index contributed by atoms with van der Waals surface area (Å²) in [5, 5.41) is 0. The van der Waals surface area contributed by atoms with Crippen molar-refractivity contribution in [3.8, 4) is 0 Å². The molecule has 0 saturated heterocycles. The standard InChI is InChI=1S/C12H18N2/c1-3-8-12(2,9-13)10-4-6-11(14)7-5-10/h3-7H,1,8-9,13-14H2,2H3. The first-order valence-corrected chi connectivity index (χ1v) is 4.79. The summed E-state index contributed by atoms with van der Waals surface area (Å²) < 4.78 is 0. The number of allylic oxidation sites excluding steroid dienone is 1. The van der Waals surface area contributed by atoms with Crippen molar-refractivity contribution < 1.29 is 0 Å². The molecule has 1 atom stereocenters. The second-order valence-electron chi connectivity index (χ2n) is 3.88. The first kappa shape index (κ1) is 10.8. The molecule has 0 aliphatic heterocycles. The Morgan fingerprint density at radius 3 is 2.36 bits per heavy atom. The highest BCUT2D eigenvalue weighted by atomic mass is 14.6. The molecule has 0 saturated carbocycles. The second kappa shape index (κ2) is 4.29. The van der Waals surface area contributed by atoms with Gasteiger partial charge in [-0.15, -0.1) is 6.58 Å². The molecule has 14 heavy (non-hydrogen) atoms. The van der Waals surface area contributed by atoms with Crippen LogP contribution in [-0.4, -0.2) is 6.54 Å². The largest absolute Gasteiger partial charge is 0.399 e. The molecule has 0 heterocycles. The van der Waals surface area contributed by atoms with Crippen molar-refractivity contribution in [1.82, 2.24) is 0 Å². The molecule has 0 bridgehead atoms. The Morgan fingerprint density at radius 2 is 1.93 bits per heavy atom. The van der Waals surface area contributed by atoms with Crippen molar-refractivity contribution in [3.05, 3.63) is 42.5 Å². The van der Waals surface area contributed by atoms with Crippen LogP contribution >= 0.6 is 0 Å². The quantitative estimate of drug-likeness (QED) is 0.564. The number of nitrogens with two attached hydrogens (primary N) is 2. The van der Waals surface area contributed by atoms with Gasteiger partial charge in [-0.05, 0) is 24.1 Å². The highest BCUT2D eigenvalue weighted by molar-refractivity contribution is 5.41. The Hall–Kier alpha value is -1.28. The average Bonchev–Trinajstić information content (AvgIpc) is 2.19. The number of hydrogen-bond donors (Lipinski definition) is 2. The average molecular weight is 190 g/mol. The maximum Gasteiger partial charge on any atom is 0.0314 e. The van der Waals surface area contributed by atoms with E-state index in [4.69, 9.17) is 11.5 Å². The minimum absolute atomic E-state index is 0.0184. The number of nitrogen functional groups attached to an aromatic ring is 1. The molecular weight excluding hydrogens is 172 g/mol. The van der Waals surface area contributed by atoms with E-state index in [0.29, 0.717) is 6.54 Å². The minimum atomic E-state index is -0.0184. The van der Waals surface area contributed by atoms with Crippen LogP contribution in [0.4, 0.5) is 5.69 Å². The van der Waals surface area contributed by atoms with Crippen LogP contribution in [0.1, 0.15) is 18.9 Å². The second-order valence-corrected chi connectivity index (χ2v) is 3.88. The highest BCUT2D eigenvalue weighted by Gasteiger charge is 2.22. The van der Waals surface area contributed by atoms with E-state index in [9.17, 15) is 0 Å². The van der Waals surface area contributed by atoms with Crippen molar-refractivity contribution in [2.24, 2.45) is 5.73 Å². The third-order valence-corrected chi connectivity index (χ3v) is 2.65. The third-order valence-electron chi connectivity index (χ3n) is 2.65. The first-order valence-electron chi connectivity index (χ1n) is 4.79. The van der Waals surface area contributed by atoms with E-state index < -0.39 is 0 Å². The van der Waals surface area contributed by atoms with Gasteiger partial charge in [0.2, 0.25) is 0 Å². The molecule has 0 spiro atoms. The van der Waals surface area contributed by atoms with Gasteiger partial charge in [-0.1, -0.05) is 25.1 Å². The topological polar surface area (TPSA) is 52.0 Å². The molecule has 1 unspecified atom stereocenters. The van der Waals surface area contributed by atoms with Crippen molar-refractivity contribution in [1.29, 1.82) is 0 Å². The van der Waals surface area contributed by atoms with Gasteiger partial charge < -0.3 is 11.5 Å². The van der Waals surface area contributed by atoms with Crippen molar-refractivity contribution in [2.75, 3.05) is 12.3 Å². The van der Waals surface area contributed by atoms with Gasteiger partial charge in [-0.25, -0.2) is 0 Å². The van der Waals surface area contributed by atoms with E-state index in [1.807, 2.05) is 30.3 Å². The number of rotatable bonds is 4. The Bertz CT molecular complexity index is 303. The Morgan fingerprint density at radius 1 is 1.36 bits per heavy atom. The molecule has 4 N–H and O–H groups in total. The molecule has 76 valence electrons. The van der Waals surface area contributed by atoms with E-state index in [-0.39, 0.29) is 5.41 Å². The molecular formula is C12H18N2. The predicted molar refractivity (Wildman–Crippen MR) is 62.1 cm³/mol. The lowest BCUT2D eigenvalue weighted by molar-refractivity contribution is 0.491. The van der Waals surface area contributed by atoms with E-state index in [1.165, 1.54) is 5.56 Å². The first-order chi connectivity index (χ1) is 6.62. The van der Waals surface area contributed by atoms with Crippen LogP contribution in [0.25, 0.3) is 0 Å². The molecule has 0 radical (unpaired) electrons. The lowest BCUT2D eigenvalue weighted by Crippen LogP contribution is -2.31. The summed E-state index contributed by atoms with van der Waals surface area (Å²) in [6.07, 6.45) is 2.79. The summed E-state index contributed by atoms with van der Waals surface area (Å²) >= 11 is 0. The summed E-state index contributed by atoms with van der Waals surface area (Å²) in [5.74, 6) is 0. The smallest absolute Gasteiger partial charge is 0.0314 e. The summed E-state index contributed by atoms with van der Waals surface area (Å²) in [5.41, 5.74) is 13.4. The zero-order valence-electron chi connectivity index (χ0n) is 8.66. The molecule has 2 heteroatoms. The maximum atomic E-state index is 5.78. The van der Waals surface area contributed by atoms with Gasteiger partial charge in [-0.3, -0.25) is 0 Å². The molecule has 0 aliphatic carbocycles. The molecule has 0 amide bonds. The van der Waals surface area contributed by atoms with E-state index in [1.54, 1.807) is 0 Å². The minimum Gasteiger partial charge on any atom is -0.399 e. The van der Waals surface area contributed by atoms with Crippen molar-refractivity contribution >= 4 is 5.69 Å². The van der Waals surface area contributed by atoms with Gasteiger partial charge in [0.1, 0.15) is 0 Å². The van der Waals surface area contributed by atoms with Gasteiger partial charge in [0.25, 0.3) is 0 Å². The molecule has 0 fully saturated rings. The molecule has 0 aromatic heterocycles. The summed E-state index contributed by atoms with van der Waals surface area (Å²) in [4.78, 5) is 0. The molecule has 1 aromatic carbocycles. The number of benzene rings is 1. The lowest BCUT2D eigenvalue weighted by atomic mass is 9.79. The predicted octanol–water partition coefficient (Wildman–Crippen LogP) is 2.06. The monoisotopic (exact) mass is 190 g/mol. The number of anilines is 1. The zero-order chi connectivity index (χ0) is 10.6. The molecule has 1 rings (SSSR count). The Balaban J connectivity index is 2.99. The summed E-state index contributed by atoms with van der Waals surface area (Å²) in [6.45, 7) is 6.51. The van der Waals surface area contributed by atoms with Crippen molar-refractivity contribution in [3.63, 3.8) is 0 Å². The van der Waals surface area contributed by atoms with Gasteiger partial charge in [-0.2, -0.15) is 0 Å². The molecule has 1 aromatic rings. The summed E-state index contributed by atoms with van der Waals surface area (Å²) in [6, 6.07) is 7.88. The SMILES string of the molecule is C=CCC(C)(CN)c1ccc(N)cc1. The number of hydrogen-bond acceptors (Lipinski definition) is 2. The normalized spacial score (nSPS) is 14.7. The Labute approximate surface area is 85.6 Å². The third kappa shape index (κ3) is 2.15. The van der Waals surface area contributed by atoms with Crippen LogP contribution in [0.3, 0.4) is 0 Å². The van der Waals surface area contributed by atoms with Gasteiger partial charge >= 0.3 is 0 Å². The molecule has 0 aliphatic rings. The van der Waals surface area contributed by atoms with Crippen LogP contribution < -0.4 is 11.5 Å². The Kier molecular flexibility index (Phi) is 3.31. The van der Waals surface area contributed by atoms with Crippen molar-refractivity contribution in [2.45, 2.75) is 18.8 Å². The van der Waals surface area contributed by atoms with Gasteiger partial charge in [0.05, 0.1) is 0 Å². The van der Waals surface area contributed by atoms with Gasteiger partial charge in [0, 0.05) is 17.6 Å². The highest BCUT2D eigenvalue weighted by Crippen LogP contribution is 2.27. The fraction of sp³-hybridized carbons (Fsp3) is 0.333. The fourth-order valence-electron chi connectivity index (χ4n) is 1.52. The lowest BCUT2D eigenvalue weighted by Gasteiger charge is -2.27. The van der Waals surface area contributed by atoms with Crippen LogP contribution in [0.2, 0.25) is 0 Å². The van der Waals surface area contributed by atoms with E-state index in [0.717, 1.165) is 12.1 Å². The van der Waals surface area contributed by atoms with Crippen LogP contribution in [0.5, 0.6) is 0 Å². The maximum absolute atomic E-state index is 5.78. The summed E-state index contributed by atoms with van der Waals surface area (Å²) in [7, 11) is 0. The van der Waals surface area contributed by atoms with E-state index in [2.05, 4.69) is 13.5 Å². The van der Waals surface area contributed by atoms with Crippen LogP contribution in [-0.2, 0) is 5.41 Å². The van der Waals surface area contributed by atoms with Crippen LogP contribution in [0, 0.1) is 0 Å². The van der Waals surface area contributed by atoms with Crippen LogP contribution in [0.15, 0.2) is 36.9 Å². The van der Waals surface area contributed by atoms with Gasteiger partial charge in [0.15, 0.2) is 0 Å². The fourth-order valence-corrected chi connectivity index (χ4v) is 1.52. The van der Waals surface area contributed by atoms with E-state index >= 15 is 0 Å². The zero-order valence-corrected chi connectivity index (χ0v) is 8.66.